The minimum absolute atomic E-state index is 0. The summed E-state index contributed by atoms with van der Waals surface area (Å²) < 4.78 is 26.0. The fourth-order valence-corrected chi connectivity index (χ4v) is 9.82. The van der Waals surface area contributed by atoms with E-state index in [1.807, 2.05) is 69.4 Å². The molecule has 6 aromatic carbocycles. The summed E-state index contributed by atoms with van der Waals surface area (Å²) in [6, 6.07) is 58.9. The van der Waals surface area contributed by atoms with Gasteiger partial charge in [-0.3, -0.25) is 4.98 Å². The van der Waals surface area contributed by atoms with Gasteiger partial charge in [0.05, 0.1) is 30.5 Å². The molecular formula is C59H56IrN4OSi-2. The zero-order valence-electron chi connectivity index (χ0n) is 41.1. The molecule has 4 aromatic heterocycles. The van der Waals surface area contributed by atoms with Crippen molar-refractivity contribution < 1.29 is 27.3 Å². The molecule has 0 aliphatic carbocycles. The maximum Gasteiger partial charge on any atom is 0.216 e. The van der Waals surface area contributed by atoms with Crippen LogP contribution in [0.15, 0.2) is 162 Å². The molecule has 0 aliphatic heterocycles. The number of hydrogen-bond acceptors (Lipinski definition) is 4. The summed E-state index contributed by atoms with van der Waals surface area (Å²) in [4.78, 5) is 14.5. The Morgan fingerprint density at radius 2 is 1.42 bits per heavy atom. The molecule has 0 unspecified atom stereocenters. The van der Waals surface area contributed by atoms with Crippen LogP contribution in [0.2, 0.25) is 19.6 Å². The summed E-state index contributed by atoms with van der Waals surface area (Å²) in [6.07, 6.45) is 0.531. The van der Waals surface area contributed by atoms with Crippen molar-refractivity contribution in [2.45, 2.75) is 73.0 Å². The molecule has 5 nitrogen and oxygen atoms in total. The predicted octanol–water partition coefficient (Wildman–Crippen LogP) is 15.0. The quantitative estimate of drug-likeness (QED) is 0.112. The van der Waals surface area contributed by atoms with Crippen LogP contribution in [0.1, 0.15) is 54.2 Å². The van der Waals surface area contributed by atoms with Gasteiger partial charge in [0.15, 0.2) is 0 Å². The number of benzene rings is 6. The SMILES string of the molecule is Cc1ccc2c(n1)oc1c(-c3nc4ccccc4n3-c3ccc(-c4ccccc4)cc3-c3ccccc3)[c-]ccc12.[2H]C([2H])(c1cc(-c2[c-]ccc(C(C)(C)C)c2)ncc1[Si](C)(C)C)C(C)C.[Ir]. The Hall–Kier alpha value is -6.24. The average Bonchev–Trinajstić information content (AvgIpc) is 3.90. The molecule has 10 aromatic rings. The van der Waals surface area contributed by atoms with Crippen LogP contribution in [-0.4, -0.2) is 27.6 Å². The number of hydrogen-bond donors (Lipinski definition) is 0. The van der Waals surface area contributed by atoms with E-state index in [4.69, 9.17) is 17.1 Å². The summed E-state index contributed by atoms with van der Waals surface area (Å²) in [6.45, 7) is 19.2. The van der Waals surface area contributed by atoms with Crippen LogP contribution in [0.25, 0.3) is 83.7 Å². The van der Waals surface area contributed by atoms with E-state index in [2.05, 4.69) is 171 Å². The van der Waals surface area contributed by atoms with Gasteiger partial charge < -0.3 is 14.0 Å². The van der Waals surface area contributed by atoms with Crippen LogP contribution in [-0.2, 0) is 31.9 Å². The van der Waals surface area contributed by atoms with Gasteiger partial charge in [0.1, 0.15) is 0 Å². The largest absolute Gasteiger partial charge is 0.486 e. The van der Waals surface area contributed by atoms with Gasteiger partial charge in [0, 0.05) is 51.4 Å². The first-order chi connectivity index (χ1) is 32.0. The van der Waals surface area contributed by atoms with Gasteiger partial charge in [-0.05, 0) is 88.6 Å². The Morgan fingerprint density at radius 3 is 2.14 bits per heavy atom. The summed E-state index contributed by atoms with van der Waals surface area (Å²) in [5.41, 5.74) is 14.4. The van der Waals surface area contributed by atoms with E-state index < -0.39 is 14.4 Å². The predicted molar refractivity (Wildman–Crippen MR) is 275 cm³/mol. The molecule has 1 radical (unpaired) electrons. The second kappa shape index (κ2) is 18.9. The van der Waals surface area contributed by atoms with E-state index in [0.29, 0.717) is 5.71 Å². The van der Waals surface area contributed by atoms with E-state index in [1.165, 1.54) is 11.1 Å². The van der Waals surface area contributed by atoms with Crippen LogP contribution >= 0.6 is 0 Å². The van der Waals surface area contributed by atoms with Gasteiger partial charge in [-0.1, -0.05) is 156 Å². The van der Waals surface area contributed by atoms with Crippen molar-refractivity contribution in [1.82, 2.24) is 19.5 Å². The van der Waals surface area contributed by atoms with E-state index in [-0.39, 0.29) is 31.4 Å². The average molecular weight is 1060 g/mol. The first-order valence-electron chi connectivity index (χ1n) is 23.5. The molecule has 0 amide bonds. The minimum Gasteiger partial charge on any atom is -0.486 e. The fraction of sp³-hybridized carbons (Fsp3) is 0.203. The molecule has 333 valence electrons. The van der Waals surface area contributed by atoms with Crippen molar-refractivity contribution in [3.8, 4) is 50.6 Å². The molecule has 0 bridgehead atoms. The zero-order chi connectivity index (χ0) is 47.3. The number of aromatic nitrogens is 4. The molecule has 0 atom stereocenters. The van der Waals surface area contributed by atoms with Crippen molar-refractivity contribution in [2.24, 2.45) is 5.92 Å². The third-order valence-electron chi connectivity index (χ3n) is 11.8. The number of para-hydroxylation sites is 2. The summed E-state index contributed by atoms with van der Waals surface area (Å²) in [5, 5.41) is 3.09. The summed E-state index contributed by atoms with van der Waals surface area (Å²) in [7, 11) is -1.71. The Balaban J connectivity index is 0.000000202. The van der Waals surface area contributed by atoms with Crippen LogP contribution < -0.4 is 5.19 Å². The van der Waals surface area contributed by atoms with Gasteiger partial charge in [-0.25, -0.2) is 4.98 Å². The standard InChI is InChI=1S/C37H24N3O.C22H32NSi.Ir/c1-24-19-21-29-28-15-10-16-30(35(28)41-37(29)38-24)36-39-32-17-8-9-18-34(32)40(36)33-22-20-27(25-11-4-2-5-12-25)23-31(33)26-13-6-3-7-14-26;1-16(2)12-18-14-20(23-15-21(18)24(6,7)8)17-10-9-11-19(13-17)22(3,4)5;/h2-15,17-23H,1H3;9,11,13-16H,12H2,1-8H3;/q2*-1;/i;12D2;. The van der Waals surface area contributed by atoms with E-state index >= 15 is 0 Å². The molecule has 0 spiro atoms. The minimum atomic E-state index is -1.71. The molecule has 0 saturated heterocycles. The Morgan fingerprint density at radius 1 is 0.727 bits per heavy atom. The first kappa shape index (κ1) is 43.6. The second-order valence-corrected chi connectivity index (χ2v) is 24.2. The number of aryl methyl sites for hydroxylation is 1. The van der Waals surface area contributed by atoms with Crippen molar-refractivity contribution in [1.29, 1.82) is 0 Å². The van der Waals surface area contributed by atoms with Crippen molar-refractivity contribution >= 4 is 46.4 Å². The molecule has 0 saturated carbocycles. The maximum absolute atomic E-state index is 8.69. The molecule has 7 heteroatoms. The smallest absolute Gasteiger partial charge is 0.216 e. The van der Waals surface area contributed by atoms with Gasteiger partial charge in [-0.2, -0.15) is 0 Å². The Kier molecular flexibility index (Phi) is 12.5. The van der Waals surface area contributed by atoms with E-state index in [1.54, 1.807) is 0 Å². The molecular weight excluding hydrogens is 1000 g/mol. The monoisotopic (exact) mass is 1060 g/mol. The third kappa shape index (κ3) is 9.53. The number of fused-ring (bicyclic) bond motifs is 4. The first-order valence-corrected chi connectivity index (χ1v) is 26.0. The normalized spacial score (nSPS) is 12.5. The number of rotatable bonds is 8. The van der Waals surface area contributed by atoms with Crippen molar-refractivity contribution in [2.75, 3.05) is 0 Å². The van der Waals surface area contributed by atoms with E-state index in [0.717, 1.165) is 88.9 Å². The van der Waals surface area contributed by atoms with Gasteiger partial charge >= 0.3 is 0 Å². The van der Waals surface area contributed by atoms with Crippen LogP contribution in [0.5, 0.6) is 0 Å². The Labute approximate surface area is 407 Å². The van der Waals surface area contributed by atoms with Crippen LogP contribution in [0, 0.1) is 25.0 Å². The molecule has 10 rings (SSSR count). The Bertz CT molecular complexity index is 3400. The fourth-order valence-electron chi connectivity index (χ4n) is 8.42. The number of furan rings is 1. The zero-order valence-corrected chi connectivity index (χ0v) is 42.5. The van der Waals surface area contributed by atoms with Gasteiger partial charge in [0.25, 0.3) is 0 Å². The molecule has 0 fully saturated rings. The third-order valence-corrected chi connectivity index (χ3v) is 13.8. The van der Waals surface area contributed by atoms with Crippen LogP contribution in [0.3, 0.4) is 0 Å². The van der Waals surface area contributed by atoms with E-state index in [9.17, 15) is 0 Å². The van der Waals surface area contributed by atoms with Crippen LogP contribution in [0.4, 0.5) is 0 Å². The topological polar surface area (TPSA) is 56.7 Å². The van der Waals surface area contributed by atoms with Gasteiger partial charge in [0.2, 0.25) is 5.71 Å². The maximum atomic E-state index is 8.69. The van der Waals surface area contributed by atoms with Crippen molar-refractivity contribution in [3.63, 3.8) is 0 Å². The molecule has 0 N–H and O–H groups in total. The number of pyridine rings is 2. The summed E-state index contributed by atoms with van der Waals surface area (Å²) >= 11 is 0. The van der Waals surface area contributed by atoms with Crippen molar-refractivity contribution in [3.05, 3.63) is 187 Å². The summed E-state index contributed by atoms with van der Waals surface area (Å²) in [5.74, 6) is 0.676. The number of nitrogens with zero attached hydrogens (tertiary/aromatic N) is 4. The molecule has 0 aliphatic rings. The second-order valence-electron chi connectivity index (χ2n) is 19.1. The van der Waals surface area contributed by atoms with Gasteiger partial charge in [-0.15, -0.1) is 53.6 Å². The number of imidazole rings is 1. The molecule has 4 heterocycles. The molecule has 66 heavy (non-hydrogen) atoms.